The second-order valence-corrected chi connectivity index (χ2v) is 9.18. The van der Waals surface area contributed by atoms with Crippen molar-refractivity contribution in [3.05, 3.63) is 93.0 Å². The van der Waals surface area contributed by atoms with Crippen molar-refractivity contribution in [2.75, 3.05) is 26.3 Å². The molecular weight excluding hydrogens is 443 g/mol. The number of hydrogen-bond donors (Lipinski definition) is 0. The number of benzene rings is 3. The maximum Gasteiger partial charge on any atom is 0.137 e. The third-order valence-corrected chi connectivity index (χ3v) is 6.73. The Morgan fingerprint density at radius 3 is 1.34 bits per heavy atom. The highest BCUT2D eigenvalue weighted by atomic mass is 35.5. The van der Waals surface area contributed by atoms with Gasteiger partial charge in [0.2, 0.25) is 0 Å². The number of hydrogen-bond acceptors (Lipinski definition) is 4. The molecule has 0 saturated carbocycles. The minimum Gasteiger partial charge on any atom is -0.491 e. The van der Waals surface area contributed by atoms with Crippen LogP contribution in [0.5, 0.6) is 11.5 Å². The van der Waals surface area contributed by atoms with E-state index in [4.69, 9.17) is 32.7 Å². The maximum absolute atomic E-state index is 6.18. The van der Waals surface area contributed by atoms with Crippen LogP contribution in [0.4, 0.5) is 0 Å². The lowest BCUT2D eigenvalue weighted by molar-refractivity contribution is 0.209. The Hall–Kier alpha value is -2.24. The molecule has 0 aromatic heterocycles. The molecular formula is C26H26Cl2N2O2. The van der Waals surface area contributed by atoms with Gasteiger partial charge in [-0.05, 0) is 46.5 Å². The minimum absolute atomic E-state index is 0.636. The third-order valence-electron chi connectivity index (χ3n) is 6.10. The zero-order chi connectivity index (χ0) is 21.9. The highest BCUT2D eigenvalue weighted by Crippen LogP contribution is 2.31. The second kappa shape index (κ2) is 9.72. The lowest BCUT2D eigenvalue weighted by Gasteiger charge is -2.16. The average Bonchev–Trinajstić information content (AvgIpc) is 3.36. The largest absolute Gasteiger partial charge is 0.491 e. The molecule has 6 heteroatoms. The van der Waals surface area contributed by atoms with Crippen molar-refractivity contribution in [1.82, 2.24) is 9.80 Å². The molecule has 0 amide bonds. The van der Waals surface area contributed by atoms with Crippen LogP contribution in [0.15, 0.2) is 60.7 Å². The molecule has 0 aliphatic carbocycles. The topological polar surface area (TPSA) is 24.9 Å². The SMILES string of the molecule is Clc1ccccc1OCCN1Cc2cc3c(cc2C1)CN(CCOc1ccccc1Cl)C3. The minimum atomic E-state index is 0.636. The lowest BCUT2D eigenvalue weighted by Crippen LogP contribution is -2.23. The zero-order valence-electron chi connectivity index (χ0n) is 17.9. The molecule has 0 N–H and O–H groups in total. The Kier molecular flexibility index (Phi) is 6.56. The van der Waals surface area contributed by atoms with E-state index in [1.807, 2.05) is 48.5 Å². The van der Waals surface area contributed by atoms with Gasteiger partial charge in [0.05, 0.1) is 10.0 Å². The number of nitrogens with zero attached hydrogens (tertiary/aromatic N) is 2. The van der Waals surface area contributed by atoms with Crippen molar-refractivity contribution in [1.29, 1.82) is 0 Å². The number of rotatable bonds is 8. The smallest absolute Gasteiger partial charge is 0.137 e. The van der Waals surface area contributed by atoms with Gasteiger partial charge >= 0.3 is 0 Å². The molecule has 0 saturated heterocycles. The van der Waals surface area contributed by atoms with Gasteiger partial charge in [-0.25, -0.2) is 0 Å². The number of fused-ring (bicyclic) bond motifs is 2. The van der Waals surface area contributed by atoms with Gasteiger partial charge in [0, 0.05) is 39.3 Å². The Bertz CT molecular complexity index is 987. The summed E-state index contributed by atoms with van der Waals surface area (Å²) in [6.45, 7) is 6.95. The van der Waals surface area contributed by atoms with E-state index in [2.05, 4.69) is 21.9 Å². The monoisotopic (exact) mass is 468 g/mol. The quantitative estimate of drug-likeness (QED) is 0.418. The van der Waals surface area contributed by atoms with E-state index in [9.17, 15) is 0 Å². The van der Waals surface area contributed by atoms with E-state index in [0.29, 0.717) is 23.3 Å². The molecule has 0 bridgehead atoms. The van der Waals surface area contributed by atoms with Crippen LogP contribution in [0.25, 0.3) is 0 Å². The van der Waals surface area contributed by atoms with E-state index >= 15 is 0 Å². The Balaban J connectivity index is 1.10. The standard InChI is InChI=1S/C26H26Cl2N2O2/c27-23-5-1-3-7-25(23)31-11-9-29-15-19-13-21-17-30(18-22(21)14-20(19)16-29)10-12-32-26-8-4-2-6-24(26)28/h1-8,13-14H,9-12,15-18H2. The third kappa shape index (κ3) is 4.89. The lowest BCUT2D eigenvalue weighted by atomic mass is 10.0. The normalized spacial score (nSPS) is 15.6. The van der Waals surface area contributed by atoms with Crippen molar-refractivity contribution < 1.29 is 9.47 Å². The summed E-state index contributed by atoms with van der Waals surface area (Å²) in [7, 11) is 0. The van der Waals surface area contributed by atoms with Crippen molar-refractivity contribution in [2.24, 2.45) is 0 Å². The fourth-order valence-corrected chi connectivity index (χ4v) is 4.85. The van der Waals surface area contributed by atoms with Gasteiger partial charge in [-0.3, -0.25) is 9.80 Å². The van der Waals surface area contributed by atoms with Gasteiger partial charge in [-0.2, -0.15) is 0 Å². The van der Waals surface area contributed by atoms with Crippen LogP contribution in [0.1, 0.15) is 22.3 Å². The van der Waals surface area contributed by atoms with E-state index in [1.54, 1.807) is 0 Å². The van der Waals surface area contributed by atoms with Gasteiger partial charge in [-0.15, -0.1) is 0 Å². The molecule has 32 heavy (non-hydrogen) atoms. The molecule has 166 valence electrons. The van der Waals surface area contributed by atoms with Crippen LogP contribution >= 0.6 is 23.2 Å². The fourth-order valence-electron chi connectivity index (χ4n) is 4.46. The molecule has 0 spiro atoms. The molecule has 0 unspecified atom stereocenters. The maximum atomic E-state index is 6.18. The van der Waals surface area contributed by atoms with Gasteiger partial charge < -0.3 is 9.47 Å². The summed E-state index contributed by atoms with van der Waals surface area (Å²) in [5, 5.41) is 1.32. The zero-order valence-corrected chi connectivity index (χ0v) is 19.4. The Morgan fingerprint density at radius 2 is 0.969 bits per heavy atom. The van der Waals surface area contributed by atoms with E-state index in [0.717, 1.165) is 50.8 Å². The van der Waals surface area contributed by atoms with Crippen LogP contribution in [0, 0.1) is 0 Å². The molecule has 2 aliphatic rings. The van der Waals surface area contributed by atoms with Gasteiger partial charge in [0.25, 0.3) is 0 Å². The van der Waals surface area contributed by atoms with Crippen LogP contribution in [-0.4, -0.2) is 36.1 Å². The number of para-hydroxylation sites is 2. The average molecular weight is 469 g/mol. The molecule has 0 atom stereocenters. The summed E-state index contributed by atoms with van der Waals surface area (Å²) in [4.78, 5) is 4.87. The highest BCUT2D eigenvalue weighted by molar-refractivity contribution is 6.32. The first-order valence-electron chi connectivity index (χ1n) is 11.0. The molecule has 0 radical (unpaired) electrons. The van der Waals surface area contributed by atoms with Crippen LogP contribution in [0.2, 0.25) is 10.0 Å². The summed E-state index contributed by atoms with van der Waals surface area (Å²) in [5.74, 6) is 1.51. The van der Waals surface area contributed by atoms with E-state index in [1.165, 1.54) is 22.3 Å². The molecule has 4 nitrogen and oxygen atoms in total. The molecule has 3 aromatic carbocycles. The van der Waals surface area contributed by atoms with Crippen LogP contribution in [0.3, 0.4) is 0 Å². The molecule has 3 aromatic rings. The molecule has 2 heterocycles. The summed E-state index contributed by atoms with van der Waals surface area (Å²) in [6.07, 6.45) is 0. The van der Waals surface area contributed by atoms with Crippen LogP contribution < -0.4 is 9.47 Å². The summed E-state index contributed by atoms with van der Waals surface area (Å²) in [6, 6.07) is 20.1. The number of halogens is 2. The van der Waals surface area contributed by atoms with Crippen molar-refractivity contribution in [2.45, 2.75) is 26.2 Å². The van der Waals surface area contributed by atoms with Crippen molar-refractivity contribution >= 4 is 23.2 Å². The van der Waals surface area contributed by atoms with E-state index < -0.39 is 0 Å². The summed E-state index contributed by atoms with van der Waals surface area (Å²) >= 11 is 12.4. The van der Waals surface area contributed by atoms with Crippen molar-refractivity contribution in [3.63, 3.8) is 0 Å². The van der Waals surface area contributed by atoms with Gasteiger partial charge in [0.1, 0.15) is 24.7 Å². The molecule has 2 aliphatic heterocycles. The molecule has 5 rings (SSSR count). The summed E-state index contributed by atoms with van der Waals surface area (Å²) in [5.41, 5.74) is 5.76. The van der Waals surface area contributed by atoms with E-state index in [-0.39, 0.29) is 0 Å². The molecule has 0 fully saturated rings. The predicted molar refractivity (Wildman–Crippen MR) is 129 cm³/mol. The number of ether oxygens (including phenoxy) is 2. The van der Waals surface area contributed by atoms with Crippen molar-refractivity contribution in [3.8, 4) is 11.5 Å². The predicted octanol–water partition coefficient (Wildman–Crippen LogP) is 5.78. The first kappa shape index (κ1) is 21.6. The Morgan fingerprint density at radius 1 is 0.594 bits per heavy atom. The first-order chi connectivity index (χ1) is 15.7. The highest BCUT2D eigenvalue weighted by Gasteiger charge is 2.25. The Labute approximate surface area is 199 Å². The van der Waals surface area contributed by atoms with Gasteiger partial charge in [-0.1, -0.05) is 59.6 Å². The fraction of sp³-hybridized carbons (Fsp3) is 0.308. The second-order valence-electron chi connectivity index (χ2n) is 8.37. The summed E-state index contributed by atoms with van der Waals surface area (Å²) < 4.78 is 11.7. The first-order valence-corrected chi connectivity index (χ1v) is 11.7. The van der Waals surface area contributed by atoms with Crippen LogP contribution in [-0.2, 0) is 26.2 Å². The van der Waals surface area contributed by atoms with Gasteiger partial charge in [0.15, 0.2) is 0 Å².